The lowest BCUT2D eigenvalue weighted by atomic mass is 9.96. The van der Waals surface area contributed by atoms with Gasteiger partial charge in [0.15, 0.2) is 0 Å². The van der Waals surface area contributed by atoms with Gasteiger partial charge in [0.1, 0.15) is 11.6 Å². The molecule has 0 atom stereocenters. The molecule has 2 heterocycles. The van der Waals surface area contributed by atoms with Crippen LogP contribution in [0.2, 0.25) is 0 Å². The first-order valence-corrected chi connectivity index (χ1v) is 7.64. The van der Waals surface area contributed by atoms with E-state index in [1.165, 1.54) is 23.6 Å². The summed E-state index contributed by atoms with van der Waals surface area (Å²) in [5.41, 5.74) is 0. The van der Waals surface area contributed by atoms with Crippen LogP contribution in [0.1, 0.15) is 12.8 Å². The Morgan fingerprint density at radius 1 is 1.29 bits per heavy atom. The summed E-state index contributed by atoms with van der Waals surface area (Å²) in [6.07, 6.45) is 4.36. The SMILES string of the molecule is CNCC1CCN(c2nccc3ccc(OC)cc23)CC1. The molecular formula is C17H23N3O. The first kappa shape index (κ1) is 14.1. The lowest BCUT2D eigenvalue weighted by molar-refractivity contribution is 0.392. The van der Waals surface area contributed by atoms with E-state index in [4.69, 9.17) is 4.74 Å². The molecule has 3 rings (SSSR count). The second-order valence-corrected chi connectivity index (χ2v) is 5.71. The Labute approximate surface area is 126 Å². The molecule has 0 aliphatic carbocycles. The summed E-state index contributed by atoms with van der Waals surface area (Å²) in [7, 11) is 3.74. The first-order valence-electron chi connectivity index (χ1n) is 7.64. The molecule has 0 spiro atoms. The maximum Gasteiger partial charge on any atom is 0.136 e. The van der Waals surface area contributed by atoms with Gasteiger partial charge in [-0.2, -0.15) is 0 Å². The van der Waals surface area contributed by atoms with Gasteiger partial charge >= 0.3 is 0 Å². The first-order chi connectivity index (χ1) is 10.3. The summed E-state index contributed by atoms with van der Waals surface area (Å²) >= 11 is 0. The van der Waals surface area contributed by atoms with Crippen molar-refractivity contribution >= 4 is 16.6 Å². The molecule has 0 unspecified atom stereocenters. The van der Waals surface area contributed by atoms with Crippen LogP contribution in [0, 0.1) is 5.92 Å². The number of nitrogens with one attached hydrogen (secondary N) is 1. The summed E-state index contributed by atoms with van der Waals surface area (Å²) in [6, 6.07) is 8.27. The number of hydrogen-bond acceptors (Lipinski definition) is 4. The standard InChI is InChI=1S/C17H23N3O/c1-18-12-13-6-9-20(10-7-13)17-16-11-15(21-2)4-3-14(16)5-8-19-17/h3-5,8,11,13,18H,6-7,9-10,12H2,1-2H3. The average Bonchev–Trinajstić information content (AvgIpc) is 2.55. The summed E-state index contributed by atoms with van der Waals surface area (Å²) in [4.78, 5) is 7.04. The zero-order valence-corrected chi connectivity index (χ0v) is 12.8. The van der Waals surface area contributed by atoms with Crippen molar-refractivity contribution in [2.24, 2.45) is 5.92 Å². The number of nitrogens with zero attached hydrogens (tertiary/aromatic N) is 2. The van der Waals surface area contributed by atoms with E-state index in [1.54, 1.807) is 7.11 Å². The highest BCUT2D eigenvalue weighted by Crippen LogP contribution is 2.30. The number of pyridine rings is 1. The molecule has 1 aromatic carbocycles. The van der Waals surface area contributed by atoms with Gasteiger partial charge in [-0.05, 0) is 55.9 Å². The molecule has 4 nitrogen and oxygen atoms in total. The molecule has 1 saturated heterocycles. The molecule has 0 bridgehead atoms. The van der Waals surface area contributed by atoms with Crippen molar-refractivity contribution in [3.8, 4) is 5.75 Å². The fraction of sp³-hybridized carbons (Fsp3) is 0.471. The van der Waals surface area contributed by atoms with E-state index in [-0.39, 0.29) is 0 Å². The van der Waals surface area contributed by atoms with E-state index >= 15 is 0 Å². The highest BCUT2D eigenvalue weighted by atomic mass is 16.5. The molecule has 1 aromatic heterocycles. The van der Waals surface area contributed by atoms with E-state index < -0.39 is 0 Å². The fourth-order valence-corrected chi connectivity index (χ4v) is 3.15. The van der Waals surface area contributed by atoms with Gasteiger partial charge in [-0.1, -0.05) is 6.07 Å². The Kier molecular flexibility index (Phi) is 4.25. The summed E-state index contributed by atoms with van der Waals surface area (Å²) in [5.74, 6) is 2.77. The summed E-state index contributed by atoms with van der Waals surface area (Å²) < 4.78 is 5.36. The minimum absolute atomic E-state index is 0.788. The molecule has 4 heteroatoms. The van der Waals surface area contributed by atoms with Crippen molar-refractivity contribution in [2.75, 3.05) is 38.7 Å². The molecule has 0 amide bonds. The highest BCUT2D eigenvalue weighted by molar-refractivity contribution is 5.93. The zero-order valence-electron chi connectivity index (χ0n) is 12.8. The van der Waals surface area contributed by atoms with Crippen LogP contribution in [-0.4, -0.2) is 38.8 Å². The van der Waals surface area contributed by atoms with E-state index in [1.807, 2.05) is 19.3 Å². The number of ether oxygens (including phenoxy) is 1. The number of hydrogen-bond donors (Lipinski definition) is 1. The van der Waals surface area contributed by atoms with Crippen molar-refractivity contribution in [3.05, 3.63) is 30.5 Å². The molecule has 1 fully saturated rings. The van der Waals surface area contributed by atoms with Gasteiger partial charge in [-0.25, -0.2) is 4.98 Å². The van der Waals surface area contributed by atoms with Gasteiger partial charge in [0.25, 0.3) is 0 Å². The van der Waals surface area contributed by atoms with Crippen LogP contribution >= 0.6 is 0 Å². The van der Waals surface area contributed by atoms with Crippen LogP contribution in [0.3, 0.4) is 0 Å². The van der Waals surface area contributed by atoms with Gasteiger partial charge in [0.05, 0.1) is 7.11 Å². The summed E-state index contributed by atoms with van der Waals surface area (Å²) in [5, 5.41) is 5.69. The number of methoxy groups -OCH3 is 1. The number of aromatic nitrogens is 1. The van der Waals surface area contributed by atoms with Crippen molar-refractivity contribution in [2.45, 2.75) is 12.8 Å². The normalized spacial score (nSPS) is 16.4. The van der Waals surface area contributed by atoms with Crippen molar-refractivity contribution < 1.29 is 4.74 Å². The maximum absolute atomic E-state index is 5.36. The molecular weight excluding hydrogens is 262 g/mol. The van der Waals surface area contributed by atoms with Crippen molar-refractivity contribution in [1.82, 2.24) is 10.3 Å². The lowest BCUT2D eigenvalue weighted by Crippen LogP contribution is -2.37. The molecule has 1 N–H and O–H groups in total. The number of fused-ring (bicyclic) bond motifs is 1. The second kappa shape index (κ2) is 6.31. The molecule has 112 valence electrons. The van der Waals surface area contributed by atoms with Crippen molar-refractivity contribution in [3.63, 3.8) is 0 Å². The minimum atomic E-state index is 0.788. The number of rotatable bonds is 4. The smallest absolute Gasteiger partial charge is 0.136 e. The van der Waals surface area contributed by atoms with Gasteiger partial charge in [0.2, 0.25) is 0 Å². The van der Waals surface area contributed by atoms with Crippen LogP contribution in [0.4, 0.5) is 5.82 Å². The van der Waals surface area contributed by atoms with Gasteiger partial charge in [-0.15, -0.1) is 0 Å². The molecule has 0 radical (unpaired) electrons. The molecule has 21 heavy (non-hydrogen) atoms. The monoisotopic (exact) mass is 285 g/mol. The Bertz CT molecular complexity index is 606. The second-order valence-electron chi connectivity index (χ2n) is 5.71. The summed E-state index contributed by atoms with van der Waals surface area (Å²) in [6.45, 7) is 3.27. The van der Waals surface area contributed by atoms with Gasteiger partial charge < -0.3 is 15.0 Å². The number of benzene rings is 1. The maximum atomic E-state index is 5.36. The van der Waals surface area contributed by atoms with Crippen molar-refractivity contribution in [1.29, 1.82) is 0 Å². The van der Waals surface area contributed by atoms with E-state index in [0.717, 1.165) is 37.1 Å². The molecule has 1 aliphatic heterocycles. The van der Waals surface area contributed by atoms with E-state index in [2.05, 4.69) is 33.4 Å². The quantitative estimate of drug-likeness (QED) is 0.937. The van der Waals surface area contributed by atoms with Crippen LogP contribution in [0.25, 0.3) is 10.8 Å². The molecule has 0 saturated carbocycles. The van der Waals surface area contributed by atoms with Gasteiger partial charge in [-0.3, -0.25) is 0 Å². The van der Waals surface area contributed by atoms with E-state index in [0.29, 0.717) is 0 Å². The number of piperidine rings is 1. The van der Waals surface area contributed by atoms with Crippen LogP contribution in [-0.2, 0) is 0 Å². The fourth-order valence-electron chi connectivity index (χ4n) is 3.15. The van der Waals surface area contributed by atoms with Gasteiger partial charge in [0, 0.05) is 24.7 Å². The predicted molar refractivity (Wildman–Crippen MR) is 87.2 cm³/mol. The van der Waals surface area contributed by atoms with E-state index in [9.17, 15) is 0 Å². The minimum Gasteiger partial charge on any atom is -0.497 e. The Morgan fingerprint density at radius 3 is 2.81 bits per heavy atom. The average molecular weight is 285 g/mol. The molecule has 1 aliphatic rings. The Hall–Kier alpha value is -1.81. The third kappa shape index (κ3) is 2.95. The topological polar surface area (TPSA) is 37.4 Å². The Morgan fingerprint density at radius 2 is 2.10 bits per heavy atom. The third-order valence-corrected chi connectivity index (χ3v) is 4.36. The lowest BCUT2D eigenvalue weighted by Gasteiger charge is -2.33. The Balaban J connectivity index is 1.87. The van der Waals surface area contributed by atoms with Crippen LogP contribution in [0.5, 0.6) is 5.75 Å². The van der Waals surface area contributed by atoms with Crippen LogP contribution in [0.15, 0.2) is 30.5 Å². The highest BCUT2D eigenvalue weighted by Gasteiger charge is 2.21. The zero-order chi connectivity index (χ0) is 14.7. The number of anilines is 1. The molecule has 2 aromatic rings. The predicted octanol–water partition coefficient (Wildman–Crippen LogP) is 2.68. The largest absolute Gasteiger partial charge is 0.497 e. The van der Waals surface area contributed by atoms with Crippen LogP contribution < -0.4 is 15.0 Å². The third-order valence-electron chi connectivity index (χ3n) is 4.36.